The fourth-order valence-electron chi connectivity index (χ4n) is 2.05. The monoisotopic (exact) mass is 344 g/mol. The lowest BCUT2D eigenvalue weighted by Gasteiger charge is -2.07. The van der Waals surface area contributed by atoms with Crippen molar-refractivity contribution in [3.05, 3.63) is 63.4 Å². The van der Waals surface area contributed by atoms with Gasteiger partial charge >= 0.3 is 5.97 Å². The van der Waals surface area contributed by atoms with Gasteiger partial charge in [-0.1, -0.05) is 11.2 Å². The first-order valence-electron chi connectivity index (χ1n) is 7.33. The van der Waals surface area contributed by atoms with E-state index in [-0.39, 0.29) is 6.61 Å². The van der Waals surface area contributed by atoms with Crippen LogP contribution < -0.4 is 4.74 Å². The van der Waals surface area contributed by atoms with Gasteiger partial charge in [0.25, 0.3) is 0 Å². The molecule has 0 bridgehead atoms. The lowest BCUT2D eigenvalue weighted by molar-refractivity contribution is 0.0463. The van der Waals surface area contributed by atoms with Crippen LogP contribution in [-0.2, 0) is 18.0 Å². The molecule has 0 atom stereocenters. The van der Waals surface area contributed by atoms with Gasteiger partial charge in [0.2, 0.25) is 0 Å². The third-order valence-corrected chi connectivity index (χ3v) is 3.97. The van der Waals surface area contributed by atoms with Gasteiger partial charge in [-0.15, -0.1) is 11.3 Å². The van der Waals surface area contributed by atoms with Crippen LogP contribution in [0.2, 0.25) is 0 Å². The maximum absolute atomic E-state index is 12.1. The van der Waals surface area contributed by atoms with Crippen molar-refractivity contribution in [2.45, 2.75) is 27.1 Å². The Morgan fingerprint density at radius 1 is 1.21 bits per heavy atom. The van der Waals surface area contributed by atoms with Crippen molar-refractivity contribution in [2.24, 2.45) is 0 Å². The van der Waals surface area contributed by atoms with Gasteiger partial charge < -0.3 is 14.0 Å². The zero-order chi connectivity index (χ0) is 16.9. The van der Waals surface area contributed by atoms with E-state index in [9.17, 15) is 4.79 Å². The zero-order valence-electron chi connectivity index (χ0n) is 13.3. The fraction of sp³-hybridized carbons (Fsp3) is 0.235. The second kappa shape index (κ2) is 7.27. The Balaban J connectivity index is 1.58. The normalized spacial score (nSPS) is 10.6. The SMILES string of the molecule is Cc1cc(COC(=O)c2cccc(OCc3csc(C)n3)c2)no1. The maximum atomic E-state index is 12.1. The molecule has 1 aromatic carbocycles. The van der Waals surface area contributed by atoms with E-state index < -0.39 is 5.97 Å². The van der Waals surface area contributed by atoms with Crippen molar-refractivity contribution in [2.75, 3.05) is 0 Å². The standard InChI is InChI=1S/C17H16N2O4S/c1-11-6-14(19-23-11)8-22-17(20)13-4-3-5-16(7-13)21-9-15-10-24-12(2)18-15/h3-7,10H,8-9H2,1-2H3. The Morgan fingerprint density at radius 2 is 2.08 bits per heavy atom. The number of thiazole rings is 1. The number of ether oxygens (including phenoxy) is 2. The molecule has 0 N–H and O–H groups in total. The molecule has 2 aromatic heterocycles. The molecule has 0 aliphatic rings. The van der Waals surface area contributed by atoms with Crippen molar-refractivity contribution >= 4 is 17.3 Å². The third-order valence-electron chi connectivity index (χ3n) is 3.15. The van der Waals surface area contributed by atoms with Crippen LogP contribution >= 0.6 is 11.3 Å². The van der Waals surface area contributed by atoms with Crippen molar-refractivity contribution in [3.63, 3.8) is 0 Å². The first kappa shape index (κ1) is 16.2. The van der Waals surface area contributed by atoms with Crippen molar-refractivity contribution in [1.82, 2.24) is 10.1 Å². The molecule has 0 aliphatic carbocycles. The predicted octanol–water partition coefficient (Wildman–Crippen LogP) is 3.68. The summed E-state index contributed by atoms with van der Waals surface area (Å²) >= 11 is 1.57. The minimum absolute atomic E-state index is 0.0688. The summed E-state index contributed by atoms with van der Waals surface area (Å²) in [5.41, 5.74) is 1.86. The zero-order valence-corrected chi connectivity index (χ0v) is 14.1. The van der Waals surface area contributed by atoms with E-state index in [1.807, 2.05) is 12.3 Å². The van der Waals surface area contributed by atoms with E-state index in [0.29, 0.717) is 29.4 Å². The molecule has 0 radical (unpaired) electrons. The number of aryl methyl sites for hydroxylation is 2. The van der Waals surface area contributed by atoms with Gasteiger partial charge in [-0.25, -0.2) is 9.78 Å². The number of aromatic nitrogens is 2. The van der Waals surface area contributed by atoms with Gasteiger partial charge in [-0.3, -0.25) is 0 Å². The van der Waals surface area contributed by atoms with E-state index in [1.165, 1.54) is 0 Å². The van der Waals surface area contributed by atoms with Crippen LogP contribution in [0, 0.1) is 13.8 Å². The molecule has 0 saturated heterocycles. The molecule has 0 aliphatic heterocycles. The van der Waals surface area contributed by atoms with Crippen molar-refractivity contribution in [1.29, 1.82) is 0 Å². The van der Waals surface area contributed by atoms with E-state index in [1.54, 1.807) is 48.6 Å². The van der Waals surface area contributed by atoms with Crippen molar-refractivity contribution in [3.8, 4) is 5.75 Å². The van der Waals surface area contributed by atoms with Gasteiger partial charge in [0.05, 0.1) is 16.3 Å². The molecule has 0 saturated carbocycles. The van der Waals surface area contributed by atoms with Crippen molar-refractivity contribution < 1.29 is 18.8 Å². The topological polar surface area (TPSA) is 74.5 Å². The van der Waals surface area contributed by atoms with Crippen LogP contribution in [0.15, 0.2) is 40.2 Å². The second-order valence-electron chi connectivity index (χ2n) is 5.18. The molecular formula is C17H16N2O4S. The van der Waals surface area contributed by atoms with Crippen LogP contribution in [0.1, 0.15) is 32.5 Å². The van der Waals surface area contributed by atoms with Crippen LogP contribution in [0.3, 0.4) is 0 Å². The van der Waals surface area contributed by atoms with E-state index in [2.05, 4.69) is 10.1 Å². The molecule has 0 spiro atoms. The molecule has 24 heavy (non-hydrogen) atoms. The van der Waals surface area contributed by atoms with Crippen LogP contribution in [0.4, 0.5) is 0 Å². The summed E-state index contributed by atoms with van der Waals surface area (Å²) in [7, 11) is 0. The second-order valence-corrected chi connectivity index (χ2v) is 6.24. The van der Waals surface area contributed by atoms with Crippen LogP contribution in [0.5, 0.6) is 5.75 Å². The van der Waals surface area contributed by atoms with Gasteiger partial charge in [-0.05, 0) is 32.0 Å². The number of rotatable bonds is 6. The average Bonchev–Trinajstić information content (AvgIpc) is 3.19. The molecule has 3 aromatic rings. The van der Waals surface area contributed by atoms with Gasteiger partial charge in [0, 0.05) is 11.4 Å². The smallest absolute Gasteiger partial charge is 0.338 e. The van der Waals surface area contributed by atoms with Crippen LogP contribution in [0.25, 0.3) is 0 Å². The lowest BCUT2D eigenvalue weighted by atomic mass is 10.2. The third kappa shape index (κ3) is 4.20. The van der Waals surface area contributed by atoms with Gasteiger partial charge in [0.1, 0.15) is 30.4 Å². The summed E-state index contributed by atoms with van der Waals surface area (Å²) in [4.78, 5) is 16.4. The minimum Gasteiger partial charge on any atom is -0.487 e. The average molecular weight is 344 g/mol. The van der Waals surface area contributed by atoms with E-state index >= 15 is 0 Å². The van der Waals surface area contributed by atoms with Gasteiger partial charge in [0.15, 0.2) is 0 Å². The molecule has 3 rings (SSSR count). The number of hydrogen-bond donors (Lipinski definition) is 0. The Hall–Kier alpha value is -2.67. The lowest BCUT2D eigenvalue weighted by Crippen LogP contribution is -2.06. The Kier molecular flexibility index (Phi) is 4.90. The molecule has 0 amide bonds. The maximum Gasteiger partial charge on any atom is 0.338 e. The Bertz CT molecular complexity index is 840. The first-order valence-corrected chi connectivity index (χ1v) is 8.21. The molecule has 124 valence electrons. The largest absolute Gasteiger partial charge is 0.487 e. The number of carbonyl (C=O) groups is 1. The van der Waals surface area contributed by atoms with E-state index in [0.717, 1.165) is 10.7 Å². The molecule has 0 fully saturated rings. The highest BCUT2D eigenvalue weighted by atomic mass is 32.1. The van der Waals surface area contributed by atoms with Gasteiger partial charge in [-0.2, -0.15) is 0 Å². The van der Waals surface area contributed by atoms with E-state index in [4.69, 9.17) is 14.0 Å². The first-order chi connectivity index (χ1) is 11.6. The molecule has 7 heteroatoms. The van der Waals surface area contributed by atoms with Crippen LogP contribution in [-0.4, -0.2) is 16.1 Å². The minimum atomic E-state index is -0.439. The number of nitrogens with zero attached hydrogens (tertiary/aromatic N) is 2. The highest BCUT2D eigenvalue weighted by molar-refractivity contribution is 7.09. The number of benzene rings is 1. The quantitative estimate of drug-likeness (QED) is 0.635. The molecule has 6 nitrogen and oxygen atoms in total. The number of esters is 1. The summed E-state index contributed by atoms with van der Waals surface area (Å²) in [5.74, 6) is 0.826. The molecule has 0 unspecified atom stereocenters. The number of hydrogen-bond acceptors (Lipinski definition) is 7. The summed E-state index contributed by atoms with van der Waals surface area (Å²) in [5, 5.41) is 6.73. The summed E-state index contributed by atoms with van der Waals surface area (Å²) in [6.07, 6.45) is 0. The summed E-state index contributed by atoms with van der Waals surface area (Å²) in [6, 6.07) is 8.59. The predicted molar refractivity (Wildman–Crippen MR) is 88.0 cm³/mol. The molecular weight excluding hydrogens is 328 g/mol. The number of carbonyl (C=O) groups excluding carboxylic acids is 1. The Morgan fingerprint density at radius 3 is 2.79 bits per heavy atom. The fourth-order valence-corrected chi connectivity index (χ4v) is 2.65. The summed E-state index contributed by atoms with van der Waals surface area (Å²) in [6.45, 7) is 4.16. The highest BCUT2D eigenvalue weighted by Gasteiger charge is 2.10. The Labute approximate surface area is 143 Å². The highest BCUT2D eigenvalue weighted by Crippen LogP contribution is 2.17. The summed E-state index contributed by atoms with van der Waals surface area (Å²) < 4.78 is 15.8. The molecule has 2 heterocycles.